The van der Waals surface area contributed by atoms with E-state index in [0.29, 0.717) is 5.92 Å². The fourth-order valence-electron chi connectivity index (χ4n) is 2.70. The molecule has 1 N–H and O–H groups in total. The monoisotopic (exact) mass is 259 g/mol. The second kappa shape index (κ2) is 9.73. The third kappa shape index (κ3) is 6.14. The fraction of sp³-hybridized carbons (Fsp3) is 1.00. The smallest absolute Gasteiger partial charge is 0.0695 e. The normalized spacial score (nSPS) is 18.7. The summed E-state index contributed by atoms with van der Waals surface area (Å²) in [6.07, 6.45) is 5.78. The van der Waals surface area contributed by atoms with Gasteiger partial charge in [-0.2, -0.15) is 0 Å². The lowest BCUT2D eigenvalue weighted by molar-refractivity contribution is 0.0501. The first-order valence-electron chi connectivity index (χ1n) is 7.16. The summed E-state index contributed by atoms with van der Waals surface area (Å²) in [6, 6.07) is 0. The molecule has 1 aliphatic rings. The van der Waals surface area contributed by atoms with Crippen LogP contribution in [0, 0.1) is 5.92 Å². The fourth-order valence-corrected chi connectivity index (χ4v) is 2.70. The van der Waals surface area contributed by atoms with Crippen LogP contribution in [0.5, 0.6) is 0 Å². The summed E-state index contributed by atoms with van der Waals surface area (Å²) in [5.41, 5.74) is 0. The van der Waals surface area contributed by atoms with E-state index >= 15 is 0 Å². The van der Waals surface area contributed by atoms with Gasteiger partial charge < -0.3 is 14.6 Å². The Balaban J connectivity index is 2.28. The summed E-state index contributed by atoms with van der Waals surface area (Å²) < 4.78 is 10.2. The van der Waals surface area contributed by atoms with Crippen LogP contribution in [0.1, 0.15) is 32.1 Å². The van der Waals surface area contributed by atoms with Gasteiger partial charge in [0.25, 0.3) is 0 Å². The Hall–Kier alpha value is -0.160. The van der Waals surface area contributed by atoms with Gasteiger partial charge in [0, 0.05) is 40.5 Å². The Bertz CT molecular complexity index is 195. The molecule has 0 spiro atoms. The highest BCUT2D eigenvalue weighted by Crippen LogP contribution is 2.28. The summed E-state index contributed by atoms with van der Waals surface area (Å²) in [5.74, 6) is 0.512. The lowest BCUT2D eigenvalue weighted by Crippen LogP contribution is -2.38. The molecular formula is C14H29NO3. The van der Waals surface area contributed by atoms with Crippen LogP contribution in [0.3, 0.4) is 0 Å². The van der Waals surface area contributed by atoms with Gasteiger partial charge in [0.15, 0.2) is 0 Å². The van der Waals surface area contributed by atoms with Crippen LogP contribution in [0.4, 0.5) is 0 Å². The molecule has 0 aromatic heterocycles. The van der Waals surface area contributed by atoms with E-state index in [4.69, 9.17) is 9.47 Å². The third-order valence-electron chi connectivity index (χ3n) is 3.82. The van der Waals surface area contributed by atoms with E-state index in [1.165, 1.54) is 25.7 Å². The first-order chi connectivity index (χ1) is 8.77. The van der Waals surface area contributed by atoms with E-state index in [-0.39, 0.29) is 6.10 Å². The summed E-state index contributed by atoms with van der Waals surface area (Å²) in [4.78, 5) is 2.30. The molecular weight excluding hydrogens is 230 g/mol. The summed E-state index contributed by atoms with van der Waals surface area (Å²) in [6.45, 7) is 4.15. The molecule has 4 nitrogen and oxygen atoms in total. The zero-order chi connectivity index (χ0) is 13.2. The molecule has 1 fully saturated rings. The predicted octanol–water partition coefficient (Wildman–Crippen LogP) is 1.52. The van der Waals surface area contributed by atoms with Crippen molar-refractivity contribution in [1.82, 2.24) is 4.90 Å². The van der Waals surface area contributed by atoms with Crippen LogP contribution in [0.15, 0.2) is 0 Å². The van der Waals surface area contributed by atoms with Crippen LogP contribution in [-0.4, -0.2) is 63.2 Å². The summed E-state index contributed by atoms with van der Waals surface area (Å²) >= 11 is 0. The number of methoxy groups -OCH3 is 2. The molecule has 1 rings (SSSR count). The number of hydrogen-bond acceptors (Lipinski definition) is 4. The van der Waals surface area contributed by atoms with Crippen molar-refractivity contribution >= 4 is 0 Å². The predicted molar refractivity (Wildman–Crippen MR) is 72.8 cm³/mol. The minimum absolute atomic E-state index is 0.174. The zero-order valence-corrected chi connectivity index (χ0v) is 11.9. The topological polar surface area (TPSA) is 41.9 Å². The van der Waals surface area contributed by atoms with Gasteiger partial charge in [-0.25, -0.2) is 0 Å². The Kier molecular flexibility index (Phi) is 8.59. The molecule has 18 heavy (non-hydrogen) atoms. The van der Waals surface area contributed by atoms with Gasteiger partial charge in [-0.1, -0.05) is 12.8 Å². The molecule has 1 atom stereocenters. The summed E-state index contributed by atoms with van der Waals surface area (Å²) in [7, 11) is 3.45. The molecule has 1 aliphatic carbocycles. The van der Waals surface area contributed by atoms with Crippen molar-refractivity contribution in [2.24, 2.45) is 5.92 Å². The van der Waals surface area contributed by atoms with Crippen LogP contribution in [0.2, 0.25) is 0 Å². The molecule has 0 amide bonds. The van der Waals surface area contributed by atoms with Gasteiger partial charge in [-0.05, 0) is 25.2 Å². The number of aliphatic hydroxyl groups excluding tert-OH is 1. The Labute approximate surface area is 111 Å². The van der Waals surface area contributed by atoms with E-state index < -0.39 is 0 Å². The van der Waals surface area contributed by atoms with Gasteiger partial charge in [0.1, 0.15) is 0 Å². The van der Waals surface area contributed by atoms with Crippen molar-refractivity contribution in [3.63, 3.8) is 0 Å². The minimum Gasteiger partial charge on any atom is -0.392 e. The van der Waals surface area contributed by atoms with E-state index in [0.717, 1.165) is 39.3 Å². The van der Waals surface area contributed by atoms with Gasteiger partial charge in [-0.15, -0.1) is 0 Å². The van der Waals surface area contributed by atoms with Crippen molar-refractivity contribution in [2.45, 2.75) is 38.2 Å². The molecule has 4 heteroatoms. The average Bonchev–Trinajstić information content (AvgIpc) is 2.89. The molecule has 0 aliphatic heterocycles. The summed E-state index contributed by atoms with van der Waals surface area (Å²) in [5, 5.41) is 10.3. The number of ether oxygens (including phenoxy) is 2. The van der Waals surface area contributed by atoms with E-state index in [2.05, 4.69) is 4.90 Å². The quantitative estimate of drug-likeness (QED) is 0.604. The van der Waals surface area contributed by atoms with Crippen LogP contribution < -0.4 is 0 Å². The molecule has 0 heterocycles. The highest BCUT2D eigenvalue weighted by atomic mass is 16.5. The second-order valence-electron chi connectivity index (χ2n) is 5.25. The molecule has 108 valence electrons. The maximum Gasteiger partial charge on any atom is 0.0695 e. The molecule has 1 unspecified atom stereocenters. The number of rotatable bonds is 10. The van der Waals surface area contributed by atoms with Gasteiger partial charge in [0.2, 0.25) is 0 Å². The van der Waals surface area contributed by atoms with Gasteiger partial charge in [0.05, 0.1) is 12.7 Å². The third-order valence-corrected chi connectivity index (χ3v) is 3.82. The van der Waals surface area contributed by atoms with Crippen molar-refractivity contribution in [3.05, 3.63) is 0 Å². The van der Waals surface area contributed by atoms with E-state index in [1.807, 2.05) is 0 Å². The number of aliphatic hydroxyl groups is 1. The Morgan fingerprint density at radius 3 is 2.39 bits per heavy atom. The standard InChI is InChI=1S/C14H29NO3/c1-17-10-5-8-15(9-11-18-2)12-14(16)13-6-3-4-7-13/h13-14,16H,3-12H2,1-2H3. The maximum atomic E-state index is 10.3. The van der Waals surface area contributed by atoms with Crippen LogP contribution in [-0.2, 0) is 9.47 Å². The van der Waals surface area contributed by atoms with Gasteiger partial charge in [-0.3, -0.25) is 4.90 Å². The molecule has 0 aromatic carbocycles. The highest BCUT2D eigenvalue weighted by molar-refractivity contribution is 4.77. The van der Waals surface area contributed by atoms with E-state index in [9.17, 15) is 5.11 Å². The van der Waals surface area contributed by atoms with Gasteiger partial charge >= 0.3 is 0 Å². The molecule has 0 saturated heterocycles. The molecule has 0 radical (unpaired) electrons. The van der Waals surface area contributed by atoms with Crippen LogP contribution >= 0.6 is 0 Å². The van der Waals surface area contributed by atoms with Crippen molar-refractivity contribution in [2.75, 3.05) is 47.1 Å². The lowest BCUT2D eigenvalue weighted by Gasteiger charge is -2.27. The number of nitrogens with zero attached hydrogens (tertiary/aromatic N) is 1. The first-order valence-corrected chi connectivity index (χ1v) is 7.16. The van der Waals surface area contributed by atoms with Crippen molar-refractivity contribution in [1.29, 1.82) is 0 Å². The maximum absolute atomic E-state index is 10.3. The zero-order valence-electron chi connectivity index (χ0n) is 11.9. The molecule has 0 bridgehead atoms. The molecule has 1 saturated carbocycles. The van der Waals surface area contributed by atoms with E-state index in [1.54, 1.807) is 14.2 Å². The Morgan fingerprint density at radius 2 is 1.78 bits per heavy atom. The van der Waals surface area contributed by atoms with Crippen LogP contribution in [0.25, 0.3) is 0 Å². The second-order valence-corrected chi connectivity index (χ2v) is 5.25. The Morgan fingerprint density at radius 1 is 1.11 bits per heavy atom. The molecule has 0 aromatic rings. The lowest BCUT2D eigenvalue weighted by atomic mass is 10.0. The van der Waals surface area contributed by atoms with Crippen molar-refractivity contribution < 1.29 is 14.6 Å². The average molecular weight is 259 g/mol. The first kappa shape index (κ1) is 15.9. The minimum atomic E-state index is -0.174. The largest absolute Gasteiger partial charge is 0.392 e. The highest BCUT2D eigenvalue weighted by Gasteiger charge is 2.24. The van der Waals surface area contributed by atoms with Crippen molar-refractivity contribution in [3.8, 4) is 0 Å². The number of hydrogen-bond donors (Lipinski definition) is 1. The SMILES string of the molecule is COCCCN(CCOC)CC(O)C1CCCC1.